The van der Waals surface area contributed by atoms with Gasteiger partial charge in [-0.1, -0.05) is 42.5 Å². The number of benzene rings is 2. The maximum atomic E-state index is 11.9. The highest BCUT2D eigenvalue weighted by atomic mass is 16.3. The molecule has 0 radical (unpaired) electrons. The Morgan fingerprint density at radius 1 is 1.19 bits per heavy atom. The zero-order chi connectivity index (χ0) is 18.3. The lowest BCUT2D eigenvalue weighted by atomic mass is 9.99. The summed E-state index contributed by atoms with van der Waals surface area (Å²) in [5.74, 6) is -0.989. The van der Waals surface area contributed by atoms with Gasteiger partial charge < -0.3 is 5.11 Å². The van der Waals surface area contributed by atoms with Crippen molar-refractivity contribution in [1.82, 2.24) is 9.78 Å². The summed E-state index contributed by atoms with van der Waals surface area (Å²) in [6, 6.07) is 13.8. The van der Waals surface area contributed by atoms with Crippen molar-refractivity contribution >= 4 is 11.9 Å². The van der Waals surface area contributed by atoms with E-state index in [1.807, 2.05) is 30.3 Å². The van der Waals surface area contributed by atoms with Crippen LogP contribution in [-0.2, 0) is 6.42 Å². The Labute approximate surface area is 149 Å². The number of rotatable bonds is 3. The van der Waals surface area contributed by atoms with Crippen molar-refractivity contribution in [2.75, 3.05) is 0 Å². The fraction of sp³-hybridized carbons (Fsp3) is 0.0952. The third-order valence-electron chi connectivity index (χ3n) is 4.48. The Morgan fingerprint density at radius 2 is 2.00 bits per heavy atom. The van der Waals surface area contributed by atoms with E-state index in [2.05, 4.69) is 29.4 Å². The number of fused-ring (bicyclic) bond motifs is 1. The van der Waals surface area contributed by atoms with Crippen LogP contribution < -0.4 is 5.43 Å². The maximum absolute atomic E-state index is 11.9. The summed E-state index contributed by atoms with van der Waals surface area (Å²) < 4.78 is 1.38. The molecule has 0 atom stereocenters. The summed E-state index contributed by atoms with van der Waals surface area (Å²) >= 11 is 0. The summed E-state index contributed by atoms with van der Waals surface area (Å²) in [5, 5.41) is 14.1. The van der Waals surface area contributed by atoms with Gasteiger partial charge in [-0.3, -0.25) is 9.59 Å². The van der Waals surface area contributed by atoms with Crippen molar-refractivity contribution in [2.24, 2.45) is 0 Å². The number of hydrogen-bond donors (Lipinski definition) is 1. The average molecular weight is 344 g/mol. The van der Waals surface area contributed by atoms with Crippen LogP contribution >= 0.6 is 0 Å². The molecule has 1 aromatic heterocycles. The molecule has 3 aromatic rings. The molecule has 1 N–H and O–H groups in total. The van der Waals surface area contributed by atoms with Crippen LogP contribution in [0.15, 0.2) is 59.5 Å². The first-order chi connectivity index (χ1) is 12.5. The number of hydrogen-bond acceptors (Lipinski definition) is 4. The fourth-order valence-corrected chi connectivity index (χ4v) is 3.17. The average Bonchev–Trinajstić information content (AvgIpc) is 3.11. The highest BCUT2D eigenvalue weighted by Gasteiger charge is 2.16. The molecule has 0 amide bonds. The first kappa shape index (κ1) is 16.0. The van der Waals surface area contributed by atoms with Crippen molar-refractivity contribution in [3.8, 4) is 22.6 Å². The summed E-state index contributed by atoms with van der Waals surface area (Å²) in [6.45, 7) is 1.26. The highest BCUT2D eigenvalue weighted by molar-refractivity contribution is 5.92. The minimum absolute atomic E-state index is 0.281. The maximum Gasteiger partial charge on any atom is 0.252 e. The van der Waals surface area contributed by atoms with Gasteiger partial charge >= 0.3 is 0 Å². The number of para-hydroxylation sites is 1. The quantitative estimate of drug-likeness (QED) is 0.740. The van der Waals surface area contributed by atoms with Gasteiger partial charge in [-0.05, 0) is 35.2 Å². The number of ketones is 1. The Hall–Kier alpha value is -3.47. The molecule has 128 valence electrons. The largest absolute Gasteiger partial charge is 0.503 e. The van der Waals surface area contributed by atoms with E-state index in [1.165, 1.54) is 28.9 Å². The SMILES string of the molecule is CC(=O)c1nn(-c2ccccc2-c2ccc3c(c2)C=CC3)cc(O)c1=O. The molecule has 0 aliphatic heterocycles. The van der Waals surface area contributed by atoms with E-state index >= 15 is 0 Å². The van der Waals surface area contributed by atoms with Gasteiger partial charge in [-0.15, -0.1) is 0 Å². The lowest BCUT2D eigenvalue weighted by Crippen LogP contribution is -2.20. The molecule has 1 heterocycles. The summed E-state index contributed by atoms with van der Waals surface area (Å²) in [6.07, 6.45) is 6.40. The zero-order valence-corrected chi connectivity index (χ0v) is 14.1. The van der Waals surface area contributed by atoms with Crippen LogP contribution in [0.5, 0.6) is 5.75 Å². The molecule has 0 spiro atoms. The molecule has 0 fully saturated rings. The fourth-order valence-electron chi connectivity index (χ4n) is 3.17. The van der Waals surface area contributed by atoms with E-state index in [0.29, 0.717) is 5.69 Å². The Morgan fingerprint density at radius 3 is 2.81 bits per heavy atom. The molecule has 5 heteroatoms. The summed E-state index contributed by atoms with van der Waals surface area (Å²) in [4.78, 5) is 23.6. The Bertz CT molecular complexity index is 1130. The predicted molar refractivity (Wildman–Crippen MR) is 99.7 cm³/mol. The lowest BCUT2D eigenvalue weighted by molar-refractivity contribution is 0.100. The summed E-state index contributed by atoms with van der Waals surface area (Å²) in [5.41, 5.74) is 3.98. The van der Waals surface area contributed by atoms with Gasteiger partial charge in [0.2, 0.25) is 0 Å². The van der Waals surface area contributed by atoms with Gasteiger partial charge in [0.1, 0.15) is 0 Å². The van der Waals surface area contributed by atoms with Crippen LogP contribution in [0.4, 0.5) is 0 Å². The van der Waals surface area contributed by atoms with Gasteiger partial charge in [0.05, 0.1) is 11.9 Å². The number of carbonyl (C=O) groups excluding carboxylic acids is 1. The van der Waals surface area contributed by atoms with E-state index in [1.54, 1.807) is 0 Å². The second kappa shape index (κ2) is 6.11. The van der Waals surface area contributed by atoms with E-state index < -0.39 is 17.0 Å². The number of allylic oxidation sites excluding steroid dienone is 1. The van der Waals surface area contributed by atoms with E-state index in [-0.39, 0.29) is 5.69 Å². The lowest BCUT2D eigenvalue weighted by Gasteiger charge is -2.13. The van der Waals surface area contributed by atoms with Crippen molar-refractivity contribution < 1.29 is 9.90 Å². The van der Waals surface area contributed by atoms with Crippen molar-refractivity contribution in [3.63, 3.8) is 0 Å². The number of aromatic hydroxyl groups is 1. The molecule has 0 saturated heterocycles. The molecule has 26 heavy (non-hydrogen) atoms. The van der Waals surface area contributed by atoms with Crippen molar-refractivity contribution in [3.05, 3.63) is 81.8 Å². The molecule has 5 nitrogen and oxygen atoms in total. The number of aromatic nitrogens is 2. The van der Waals surface area contributed by atoms with Crippen LogP contribution in [0, 0.1) is 0 Å². The second-order valence-electron chi connectivity index (χ2n) is 6.23. The Balaban J connectivity index is 1.91. The van der Waals surface area contributed by atoms with Gasteiger partial charge in [0.15, 0.2) is 17.2 Å². The predicted octanol–water partition coefficient (Wildman–Crippen LogP) is 3.38. The Kier molecular flexibility index (Phi) is 3.77. The van der Waals surface area contributed by atoms with Crippen LogP contribution in [0.2, 0.25) is 0 Å². The standard InChI is InChI=1S/C21H16N2O3/c1-13(24)20-21(26)19(25)12-23(22-20)18-8-3-2-7-17(18)16-10-9-14-5-4-6-15(14)11-16/h2-4,6-12,25H,5H2,1H3. The van der Waals surface area contributed by atoms with E-state index in [9.17, 15) is 14.7 Å². The molecule has 1 aliphatic carbocycles. The highest BCUT2D eigenvalue weighted by Crippen LogP contribution is 2.30. The number of carbonyl (C=O) groups is 1. The topological polar surface area (TPSA) is 72.2 Å². The molecule has 0 unspecified atom stereocenters. The molecule has 0 bridgehead atoms. The molecule has 2 aromatic carbocycles. The van der Waals surface area contributed by atoms with Crippen LogP contribution in [0.25, 0.3) is 22.9 Å². The first-order valence-electron chi connectivity index (χ1n) is 8.28. The van der Waals surface area contributed by atoms with E-state index in [0.717, 1.165) is 17.5 Å². The molecular formula is C21H16N2O3. The number of Topliss-reactive ketones (excluding diaryl/α,β-unsaturated/α-hetero) is 1. The molecule has 0 saturated carbocycles. The smallest absolute Gasteiger partial charge is 0.252 e. The third kappa shape index (κ3) is 2.63. The first-order valence-corrected chi connectivity index (χ1v) is 8.28. The molecular weight excluding hydrogens is 328 g/mol. The van der Waals surface area contributed by atoms with Gasteiger partial charge in [-0.2, -0.15) is 5.10 Å². The zero-order valence-electron chi connectivity index (χ0n) is 14.1. The van der Waals surface area contributed by atoms with E-state index in [4.69, 9.17) is 0 Å². The van der Waals surface area contributed by atoms with Crippen molar-refractivity contribution in [1.29, 1.82) is 0 Å². The van der Waals surface area contributed by atoms with Crippen LogP contribution in [-0.4, -0.2) is 20.7 Å². The van der Waals surface area contributed by atoms with Crippen molar-refractivity contribution in [2.45, 2.75) is 13.3 Å². The second-order valence-corrected chi connectivity index (χ2v) is 6.23. The minimum Gasteiger partial charge on any atom is -0.503 e. The summed E-state index contributed by atoms with van der Waals surface area (Å²) in [7, 11) is 0. The van der Waals surface area contributed by atoms with Gasteiger partial charge in [0, 0.05) is 12.5 Å². The molecule has 1 aliphatic rings. The normalized spacial score (nSPS) is 12.2. The van der Waals surface area contributed by atoms with Gasteiger partial charge in [-0.25, -0.2) is 4.68 Å². The van der Waals surface area contributed by atoms with Crippen LogP contribution in [0.3, 0.4) is 0 Å². The molecule has 4 rings (SSSR count). The minimum atomic E-state index is -0.756. The monoisotopic (exact) mass is 344 g/mol. The van der Waals surface area contributed by atoms with Crippen LogP contribution in [0.1, 0.15) is 28.5 Å². The van der Waals surface area contributed by atoms with Gasteiger partial charge in [0.25, 0.3) is 5.43 Å². The third-order valence-corrected chi connectivity index (χ3v) is 4.48. The number of nitrogens with zero attached hydrogens (tertiary/aromatic N) is 2.